The standard InChI is InChI=1S/C19H14FN5S2/c20-13-6-4-5-12(9-13)16-10-15-17(27-16)18(22-11-21-15)24-25-19(26)23-14-7-2-1-3-8-14/h1-11H,(H,21,22,24)(H2,23,25,26). The van der Waals surface area contributed by atoms with Gasteiger partial charge in [-0.2, -0.15) is 0 Å². The molecule has 5 nitrogen and oxygen atoms in total. The molecular formula is C19H14FN5S2. The van der Waals surface area contributed by atoms with Crippen LogP contribution in [0.1, 0.15) is 0 Å². The second kappa shape index (κ2) is 7.65. The van der Waals surface area contributed by atoms with Gasteiger partial charge in [-0.25, -0.2) is 14.4 Å². The number of nitrogens with zero attached hydrogens (tertiary/aromatic N) is 2. The SMILES string of the molecule is Fc1cccc(-c2cc3ncnc(NNC(=S)Nc4ccccc4)c3s2)c1. The molecule has 0 radical (unpaired) electrons. The predicted molar refractivity (Wildman–Crippen MR) is 112 cm³/mol. The first kappa shape index (κ1) is 17.3. The fourth-order valence-electron chi connectivity index (χ4n) is 2.53. The minimum atomic E-state index is -0.270. The van der Waals surface area contributed by atoms with E-state index in [-0.39, 0.29) is 5.82 Å². The fourth-order valence-corrected chi connectivity index (χ4v) is 3.75. The first-order chi connectivity index (χ1) is 13.2. The summed E-state index contributed by atoms with van der Waals surface area (Å²) >= 11 is 6.77. The summed E-state index contributed by atoms with van der Waals surface area (Å²) < 4.78 is 14.4. The number of hydrogen-bond donors (Lipinski definition) is 3. The Balaban J connectivity index is 1.53. The Bertz CT molecular complexity index is 1100. The largest absolute Gasteiger partial charge is 0.331 e. The quantitative estimate of drug-likeness (QED) is 0.340. The molecule has 0 unspecified atom stereocenters. The van der Waals surface area contributed by atoms with Crippen LogP contribution in [0.3, 0.4) is 0 Å². The summed E-state index contributed by atoms with van der Waals surface area (Å²) in [5.74, 6) is 0.332. The zero-order valence-corrected chi connectivity index (χ0v) is 15.6. The lowest BCUT2D eigenvalue weighted by atomic mass is 10.2. The van der Waals surface area contributed by atoms with Crippen LogP contribution < -0.4 is 16.2 Å². The molecule has 0 aliphatic rings. The van der Waals surface area contributed by atoms with E-state index < -0.39 is 0 Å². The Morgan fingerprint density at radius 2 is 1.85 bits per heavy atom. The van der Waals surface area contributed by atoms with Crippen LogP contribution in [0, 0.1) is 5.82 Å². The van der Waals surface area contributed by atoms with Crippen LogP contribution in [-0.2, 0) is 0 Å². The Morgan fingerprint density at radius 3 is 2.67 bits per heavy atom. The van der Waals surface area contributed by atoms with Crippen molar-refractivity contribution in [3.63, 3.8) is 0 Å². The minimum absolute atomic E-state index is 0.270. The van der Waals surface area contributed by atoms with E-state index in [1.165, 1.54) is 29.8 Å². The second-order valence-corrected chi connectivity index (χ2v) is 7.09. The summed E-state index contributed by atoms with van der Waals surface area (Å²) in [6.07, 6.45) is 1.47. The summed E-state index contributed by atoms with van der Waals surface area (Å²) in [7, 11) is 0. The monoisotopic (exact) mass is 395 g/mol. The average Bonchev–Trinajstić information content (AvgIpc) is 3.12. The van der Waals surface area contributed by atoms with Gasteiger partial charge in [0, 0.05) is 10.6 Å². The zero-order chi connectivity index (χ0) is 18.6. The number of benzene rings is 2. The van der Waals surface area contributed by atoms with Crippen LogP contribution in [0.4, 0.5) is 15.9 Å². The van der Waals surface area contributed by atoms with Gasteiger partial charge < -0.3 is 5.32 Å². The summed E-state index contributed by atoms with van der Waals surface area (Å²) in [6.45, 7) is 0. The molecule has 0 fully saturated rings. The van der Waals surface area contributed by atoms with Gasteiger partial charge in [0.05, 0.1) is 10.2 Å². The van der Waals surface area contributed by atoms with Crippen LogP contribution in [0.15, 0.2) is 67.0 Å². The lowest BCUT2D eigenvalue weighted by molar-refractivity contribution is 0.628. The highest BCUT2D eigenvalue weighted by atomic mass is 32.1. The van der Waals surface area contributed by atoms with Gasteiger partial charge in [0.25, 0.3) is 0 Å². The number of anilines is 2. The van der Waals surface area contributed by atoms with Crippen molar-refractivity contribution in [3.8, 4) is 10.4 Å². The number of fused-ring (bicyclic) bond motifs is 1. The van der Waals surface area contributed by atoms with Crippen molar-refractivity contribution in [2.45, 2.75) is 0 Å². The maximum atomic E-state index is 13.5. The molecule has 0 bridgehead atoms. The maximum Gasteiger partial charge on any atom is 0.189 e. The third-order valence-corrected chi connectivity index (χ3v) is 5.13. The average molecular weight is 395 g/mol. The molecule has 0 aliphatic heterocycles. The number of para-hydroxylation sites is 1. The summed E-state index contributed by atoms with van der Waals surface area (Å²) in [4.78, 5) is 9.48. The van der Waals surface area contributed by atoms with Gasteiger partial charge in [-0.3, -0.25) is 10.9 Å². The molecular weight excluding hydrogens is 381 g/mol. The van der Waals surface area contributed by atoms with Crippen molar-refractivity contribution in [2.75, 3.05) is 10.7 Å². The number of aromatic nitrogens is 2. The molecule has 0 aliphatic carbocycles. The van der Waals surface area contributed by atoms with E-state index in [1.807, 2.05) is 42.5 Å². The molecule has 134 valence electrons. The van der Waals surface area contributed by atoms with Crippen molar-refractivity contribution in [1.29, 1.82) is 0 Å². The van der Waals surface area contributed by atoms with E-state index in [2.05, 4.69) is 26.1 Å². The van der Waals surface area contributed by atoms with Crippen molar-refractivity contribution >= 4 is 50.4 Å². The molecule has 2 aromatic heterocycles. The Morgan fingerprint density at radius 1 is 1.00 bits per heavy atom. The van der Waals surface area contributed by atoms with E-state index in [0.717, 1.165) is 26.3 Å². The molecule has 0 saturated carbocycles. The van der Waals surface area contributed by atoms with Gasteiger partial charge in [-0.1, -0.05) is 30.3 Å². The molecule has 2 aromatic carbocycles. The van der Waals surface area contributed by atoms with Crippen molar-refractivity contribution in [2.24, 2.45) is 0 Å². The smallest absolute Gasteiger partial charge is 0.189 e. The van der Waals surface area contributed by atoms with Gasteiger partial charge >= 0.3 is 0 Å². The topological polar surface area (TPSA) is 61.9 Å². The number of thiophene rings is 1. The zero-order valence-electron chi connectivity index (χ0n) is 13.9. The van der Waals surface area contributed by atoms with E-state index >= 15 is 0 Å². The van der Waals surface area contributed by atoms with Crippen LogP contribution in [0.2, 0.25) is 0 Å². The highest BCUT2D eigenvalue weighted by molar-refractivity contribution is 7.80. The van der Waals surface area contributed by atoms with Gasteiger partial charge in [0.2, 0.25) is 0 Å². The molecule has 4 rings (SSSR count). The molecule has 27 heavy (non-hydrogen) atoms. The van der Waals surface area contributed by atoms with E-state index in [0.29, 0.717) is 10.9 Å². The molecule has 4 aromatic rings. The summed E-state index contributed by atoms with van der Waals surface area (Å²) in [5, 5.41) is 3.49. The molecule has 0 saturated heterocycles. The highest BCUT2D eigenvalue weighted by Gasteiger charge is 2.11. The number of halogens is 1. The first-order valence-corrected chi connectivity index (χ1v) is 9.30. The highest BCUT2D eigenvalue weighted by Crippen LogP contribution is 2.35. The third kappa shape index (κ3) is 4.02. The Kier molecular flexibility index (Phi) is 4.91. The Labute approximate surface area is 164 Å². The van der Waals surface area contributed by atoms with E-state index in [1.54, 1.807) is 6.07 Å². The van der Waals surface area contributed by atoms with Gasteiger partial charge in [0.15, 0.2) is 10.9 Å². The number of thiocarbonyl (C=S) groups is 1. The fraction of sp³-hybridized carbons (Fsp3) is 0. The molecule has 0 atom stereocenters. The molecule has 3 N–H and O–H groups in total. The minimum Gasteiger partial charge on any atom is -0.331 e. The molecule has 0 spiro atoms. The van der Waals surface area contributed by atoms with Crippen LogP contribution in [-0.4, -0.2) is 15.1 Å². The number of hydrogen-bond acceptors (Lipinski definition) is 5. The second-order valence-electron chi connectivity index (χ2n) is 5.63. The lowest BCUT2D eigenvalue weighted by Gasteiger charge is -2.12. The van der Waals surface area contributed by atoms with Gasteiger partial charge in [0.1, 0.15) is 12.1 Å². The number of rotatable bonds is 4. The normalized spacial score (nSPS) is 10.6. The van der Waals surface area contributed by atoms with Crippen LogP contribution >= 0.6 is 23.6 Å². The third-order valence-electron chi connectivity index (χ3n) is 3.75. The van der Waals surface area contributed by atoms with Crippen LogP contribution in [0.25, 0.3) is 20.7 Å². The summed E-state index contributed by atoms with van der Waals surface area (Å²) in [6, 6.07) is 18.0. The number of nitrogens with one attached hydrogen (secondary N) is 3. The number of hydrazine groups is 1. The van der Waals surface area contributed by atoms with E-state index in [4.69, 9.17) is 12.2 Å². The maximum absolute atomic E-state index is 13.5. The summed E-state index contributed by atoms with van der Waals surface area (Å²) in [5.41, 5.74) is 8.41. The van der Waals surface area contributed by atoms with Gasteiger partial charge in [-0.15, -0.1) is 11.3 Å². The Hall–Kier alpha value is -3.10. The first-order valence-electron chi connectivity index (χ1n) is 8.07. The molecule has 2 heterocycles. The molecule has 8 heteroatoms. The van der Waals surface area contributed by atoms with Crippen molar-refractivity contribution < 1.29 is 4.39 Å². The predicted octanol–water partition coefficient (Wildman–Crippen LogP) is 4.81. The van der Waals surface area contributed by atoms with Crippen LogP contribution in [0.5, 0.6) is 0 Å². The van der Waals surface area contributed by atoms with Gasteiger partial charge in [-0.05, 0) is 48.1 Å². The van der Waals surface area contributed by atoms with Crippen molar-refractivity contribution in [3.05, 3.63) is 72.8 Å². The lowest BCUT2D eigenvalue weighted by Crippen LogP contribution is -2.33. The molecule has 0 amide bonds. The van der Waals surface area contributed by atoms with Crippen molar-refractivity contribution in [1.82, 2.24) is 15.4 Å². The van der Waals surface area contributed by atoms with E-state index in [9.17, 15) is 4.39 Å².